The highest BCUT2D eigenvalue weighted by Gasteiger charge is 2.38. The molecule has 1 aliphatic carbocycles. The summed E-state index contributed by atoms with van der Waals surface area (Å²) >= 11 is 0. The predicted molar refractivity (Wildman–Crippen MR) is 101 cm³/mol. The summed E-state index contributed by atoms with van der Waals surface area (Å²) in [5, 5.41) is 3.17. The zero-order valence-corrected chi connectivity index (χ0v) is 15.6. The SMILES string of the molecule is CCN1CCC(C(=O)NC2CC(=O)N(C3Cc4ccccc4C3)C2)CC1. The van der Waals surface area contributed by atoms with E-state index in [2.05, 4.69) is 41.4 Å². The number of nitrogens with zero attached hydrogens (tertiary/aromatic N) is 2. The van der Waals surface area contributed by atoms with E-state index in [0.717, 1.165) is 45.3 Å². The number of piperidine rings is 1. The van der Waals surface area contributed by atoms with Crippen molar-refractivity contribution < 1.29 is 9.59 Å². The number of rotatable bonds is 4. The molecule has 2 aliphatic heterocycles. The zero-order chi connectivity index (χ0) is 18.1. The van der Waals surface area contributed by atoms with Crippen molar-refractivity contribution in [1.29, 1.82) is 0 Å². The molecule has 0 spiro atoms. The van der Waals surface area contributed by atoms with Gasteiger partial charge in [0.2, 0.25) is 11.8 Å². The zero-order valence-electron chi connectivity index (χ0n) is 15.6. The number of hydrogen-bond acceptors (Lipinski definition) is 3. The van der Waals surface area contributed by atoms with Crippen molar-refractivity contribution in [2.75, 3.05) is 26.2 Å². The second kappa shape index (κ2) is 7.39. The van der Waals surface area contributed by atoms with Crippen molar-refractivity contribution in [2.45, 2.75) is 51.1 Å². The smallest absolute Gasteiger partial charge is 0.225 e. The number of benzene rings is 1. The first-order valence-corrected chi connectivity index (χ1v) is 10.0. The third-order valence-corrected chi connectivity index (χ3v) is 6.38. The van der Waals surface area contributed by atoms with Gasteiger partial charge in [0, 0.05) is 24.9 Å². The molecule has 5 nitrogen and oxygen atoms in total. The highest BCUT2D eigenvalue weighted by molar-refractivity contribution is 5.83. The van der Waals surface area contributed by atoms with Crippen molar-refractivity contribution in [3.63, 3.8) is 0 Å². The van der Waals surface area contributed by atoms with Crippen LogP contribution in [-0.2, 0) is 22.4 Å². The molecule has 2 saturated heterocycles. The molecule has 0 bridgehead atoms. The fourth-order valence-electron chi connectivity index (χ4n) is 4.77. The van der Waals surface area contributed by atoms with Gasteiger partial charge >= 0.3 is 0 Å². The highest BCUT2D eigenvalue weighted by Crippen LogP contribution is 2.28. The van der Waals surface area contributed by atoms with Crippen molar-refractivity contribution in [3.8, 4) is 0 Å². The first kappa shape index (κ1) is 17.5. The minimum Gasteiger partial charge on any atom is -0.351 e. The maximum absolute atomic E-state index is 12.6. The van der Waals surface area contributed by atoms with Crippen LogP contribution in [0, 0.1) is 5.92 Å². The van der Waals surface area contributed by atoms with Crippen LogP contribution in [0.4, 0.5) is 0 Å². The molecule has 4 rings (SSSR count). The van der Waals surface area contributed by atoms with Gasteiger partial charge in [-0.25, -0.2) is 0 Å². The van der Waals surface area contributed by atoms with E-state index >= 15 is 0 Å². The monoisotopic (exact) mass is 355 g/mol. The van der Waals surface area contributed by atoms with Crippen LogP contribution in [0.1, 0.15) is 37.3 Å². The number of hydrogen-bond donors (Lipinski definition) is 1. The molecule has 2 heterocycles. The maximum Gasteiger partial charge on any atom is 0.225 e. The summed E-state index contributed by atoms with van der Waals surface area (Å²) in [7, 11) is 0. The number of fused-ring (bicyclic) bond motifs is 1. The molecule has 0 radical (unpaired) electrons. The van der Waals surface area contributed by atoms with E-state index in [1.165, 1.54) is 11.1 Å². The number of likely N-dealkylation sites (tertiary alicyclic amines) is 2. The summed E-state index contributed by atoms with van der Waals surface area (Å²) in [6, 6.07) is 8.70. The number of nitrogens with one attached hydrogen (secondary N) is 1. The lowest BCUT2D eigenvalue weighted by Crippen LogP contribution is -2.45. The molecule has 5 heteroatoms. The fraction of sp³-hybridized carbons (Fsp3) is 0.619. The average molecular weight is 355 g/mol. The van der Waals surface area contributed by atoms with E-state index in [9.17, 15) is 9.59 Å². The van der Waals surface area contributed by atoms with E-state index in [1.54, 1.807) is 0 Å². The Morgan fingerprint density at radius 2 is 1.77 bits per heavy atom. The Morgan fingerprint density at radius 1 is 1.12 bits per heavy atom. The molecular weight excluding hydrogens is 326 g/mol. The molecule has 3 aliphatic rings. The van der Waals surface area contributed by atoms with Crippen molar-refractivity contribution >= 4 is 11.8 Å². The van der Waals surface area contributed by atoms with Crippen LogP contribution < -0.4 is 5.32 Å². The van der Waals surface area contributed by atoms with Crippen LogP contribution in [0.3, 0.4) is 0 Å². The van der Waals surface area contributed by atoms with Crippen LogP contribution in [0.5, 0.6) is 0 Å². The topological polar surface area (TPSA) is 52.7 Å². The van der Waals surface area contributed by atoms with E-state index in [0.29, 0.717) is 13.0 Å². The van der Waals surface area contributed by atoms with Crippen LogP contribution in [0.2, 0.25) is 0 Å². The van der Waals surface area contributed by atoms with E-state index in [-0.39, 0.29) is 29.8 Å². The lowest BCUT2D eigenvalue weighted by Gasteiger charge is -2.31. The van der Waals surface area contributed by atoms with E-state index in [1.807, 2.05) is 4.90 Å². The molecule has 1 aromatic carbocycles. The van der Waals surface area contributed by atoms with Crippen LogP contribution >= 0.6 is 0 Å². The Bertz CT molecular complexity index is 657. The van der Waals surface area contributed by atoms with Gasteiger partial charge in [0.15, 0.2) is 0 Å². The van der Waals surface area contributed by atoms with Crippen molar-refractivity contribution in [1.82, 2.24) is 15.1 Å². The molecule has 1 atom stereocenters. The summed E-state index contributed by atoms with van der Waals surface area (Å²) in [6.45, 7) is 5.90. The van der Waals surface area contributed by atoms with E-state index < -0.39 is 0 Å². The average Bonchev–Trinajstić information content (AvgIpc) is 3.24. The van der Waals surface area contributed by atoms with Crippen LogP contribution in [0.25, 0.3) is 0 Å². The molecule has 0 aromatic heterocycles. The Labute approximate surface area is 155 Å². The van der Waals surface area contributed by atoms with Gasteiger partial charge in [-0.15, -0.1) is 0 Å². The molecular formula is C21H29N3O2. The number of amides is 2. The lowest BCUT2D eigenvalue weighted by molar-refractivity contribution is -0.129. The van der Waals surface area contributed by atoms with Gasteiger partial charge in [-0.2, -0.15) is 0 Å². The fourth-order valence-corrected chi connectivity index (χ4v) is 4.77. The van der Waals surface area contributed by atoms with Gasteiger partial charge < -0.3 is 15.1 Å². The van der Waals surface area contributed by atoms with Gasteiger partial charge in [-0.05, 0) is 56.4 Å². The molecule has 140 valence electrons. The molecule has 0 saturated carbocycles. The Kier molecular flexibility index (Phi) is 4.98. The summed E-state index contributed by atoms with van der Waals surface area (Å²) in [5.74, 6) is 0.446. The lowest BCUT2D eigenvalue weighted by atomic mass is 9.95. The van der Waals surface area contributed by atoms with Gasteiger partial charge in [0.1, 0.15) is 0 Å². The standard InChI is InChI=1S/C21H29N3O2/c1-2-23-9-7-15(8-10-23)21(26)22-18-13-20(25)24(14-18)19-11-16-5-3-4-6-17(16)12-19/h3-6,15,18-19H,2,7-14H2,1H3,(H,22,26). The highest BCUT2D eigenvalue weighted by atomic mass is 16.2. The summed E-state index contributed by atoms with van der Waals surface area (Å²) < 4.78 is 0. The van der Waals surface area contributed by atoms with Gasteiger partial charge in [-0.3, -0.25) is 9.59 Å². The Morgan fingerprint density at radius 3 is 2.38 bits per heavy atom. The molecule has 2 fully saturated rings. The summed E-state index contributed by atoms with van der Waals surface area (Å²) in [5.41, 5.74) is 2.72. The normalized spacial score (nSPS) is 24.9. The largest absolute Gasteiger partial charge is 0.351 e. The van der Waals surface area contributed by atoms with Crippen molar-refractivity contribution in [2.24, 2.45) is 5.92 Å². The maximum atomic E-state index is 12.6. The second-order valence-corrected chi connectivity index (χ2v) is 8.00. The minimum atomic E-state index is -0.0251. The molecule has 1 N–H and O–H groups in total. The molecule has 1 unspecified atom stereocenters. The first-order valence-electron chi connectivity index (χ1n) is 10.0. The first-order chi connectivity index (χ1) is 12.6. The van der Waals surface area contributed by atoms with Crippen LogP contribution in [-0.4, -0.2) is 59.9 Å². The number of carbonyl (C=O) groups excluding carboxylic acids is 2. The summed E-state index contributed by atoms with van der Waals surface area (Å²) in [6.07, 6.45) is 4.20. The molecule has 26 heavy (non-hydrogen) atoms. The Hall–Kier alpha value is -1.88. The third kappa shape index (κ3) is 3.50. The predicted octanol–water partition coefficient (Wildman–Crippen LogP) is 1.60. The quantitative estimate of drug-likeness (QED) is 0.893. The molecule has 1 aromatic rings. The molecule has 2 amide bonds. The van der Waals surface area contributed by atoms with Crippen LogP contribution in [0.15, 0.2) is 24.3 Å². The Balaban J connectivity index is 1.30. The van der Waals surface area contributed by atoms with Crippen molar-refractivity contribution in [3.05, 3.63) is 35.4 Å². The van der Waals surface area contributed by atoms with Gasteiger partial charge in [0.05, 0.1) is 6.04 Å². The summed E-state index contributed by atoms with van der Waals surface area (Å²) in [4.78, 5) is 29.5. The third-order valence-electron chi connectivity index (χ3n) is 6.38. The minimum absolute atomic E-state index is 0.0251. The van der Waals surface area contributed by atoms with Gasteiger partial charge in [0.25, 0.3) is 0 Å². The number of carbonyl (C=O) groups is 2. The second-order valence-electron chi connectivity index (χ2n) is 8.00. The van der Waals surface area contributed by atoms with Gasteiger partial charge in [-0.1, -0.05) is 31.2 Å². The van der Waals surface area contributed by atoms with E-state index in [4.69, 9.17) is 0 Å².